The highest BCUT2D eigenvalue weighted by atomic mass is 15.1. The van der Waals surface area contributed by atoms with Crippen LogP contribution in [0.5, 0.6) is 0 Å². The van der Waals surface area contributed by atoms with Gasteiger partial charge < -0.3 is 10.3 Å². The van der Waals surface area contributed by atoms with Gasteiger partial charge in [0.15, 0.2) is 11.5 Å². The van der Waals surface area contributed by atoms with Crippen molar-refractivity contribution in [3.63, 3.8) is 0 Å². The van der Waals surface area contributed by atoms with E-state index in [1.54, 1.807) is 6.33 Å². The quantitative estimate of drug-likeness (QED) is 0.859. The summed E-state index contributed by atoms with van der Waals surface area (Å²) in [7, 11) is 0. The van der Waals surface area contributed by atoms with Gasteiger partial charge >= 0.3 is 0 Å². The van der Waals surface area contributed by atoms with Crippen LogP contribution in [0.3, 0.4) is 0 Å². The summed E-state index contributed by atoms with van der Waals surface area (Å²) in [6.07, 6.45) is 7.04. The molecule has 17 heavy (non-hydrogen) atoms. The monoisotopic (exact) mass is 233 g/mol. The molecule has 2 N–H and O–H groups in total. The molecule has 0 fully saturated rings. The second-order valence-electron chi connectivity index (χ2n) is 4.58. The first-order valence-electron chi connectivity index (χ1n) is 6.13. The molecular formula is C12H19N5. The predicted octanol–water partition coefficient (Wildman–Crippen LogP) is 2.23. The zero-order chi connectivity index (χ0) is 12.3. The number of fused-ring (bicyclic) bond motifs is 1. The maximum Gasteiger partial charge on any atom is 0.165 e. The van der Waals surface area contributed by atoms with Crippen LogP contribution in [0.2, 0.25) is 0 Å². The third-order valence-electron chi connectivity index (χ3n) is 2.99. The summed E-state index contributed by atoms with van der Waals surface area (Å²) >= 11 is 0. The molecule has 0 aliphatic carbocycles. The van der Waals surface area contributed by atoms with Gasteiger partial charge in [-0.2, -0.15) is 0 Å². The summed E-state index contributed by atoms with van der Waals surface area (Å²) in [5.74, 6) is 1.08. The number of nitrogens with two attached hydrogens (primary N) is 1. The Morgan fingerprint density at radius 3 is 2.94 bits per heavy atom. The number of hydrogen-bond acceptors (Lipinski definition) is 4. The molecule has 1 atom stereocenters. The second kappa shape index (κ2) is 5.12. The van der Waals surface area contributed by atoms with E-state index in [4.69, 9.17) is 5.73 Å². The van der Waals surface area contributed by atoms with Gasteiger partial charge in [0.1, 0.15) is 11.8 Å². The molecule has 0 aliphatic heterocycles. The molecular weight excluding hydrogens is 214 g/mol. The van der Waals surface area contributed by atoms with Crippen LogP contribution in [0.4, 0.5) is 5.82 Å². The normalized spacial score (nSPS) is 13.1. The Balaban J connectivity index is 2.16. The summed E-state index contributed by atoms with van der Waals surface area (Å²) in [6.45, 7) is 5.41. The largest absolute Gasteiger partial charge is 0.382 e. The van der Waals surface area contributed by atoms with Gasteiger partial charge in [0.25, 0.3) is 0 Å². The van der Waals surface area contributed by atoms with Gasteiger partial charge in [-0.3, -0.25) is 0 Å². The van der Waals surface area contributed by atoms with Crippen LogP contribution in [0.25, 0.3) is 11.2 Å². The molecule has 0 saturated carbocycles. The lowest BCUT2D eigenvalue weighted by atomic mass is 10.0. The van der Waals surface area contributed by atoms with Crippen LogP contribution in [0, 0.1) is 5.92 Å². The van der Waals surface area contributed by atoms with Gasteiger partial charge in [-0.15, -0.1) is 0 Å². The van der Waals surface area contributed by atoms with Crippen LogP contribution in [-0.4, -0.2) is 19.5 Å². The molecule has 92 valence electrons. The van der Waals surface area contributed by atoms with Crippen LogP contribution in [0.15, 0.2) is 12.7 Å². The molecule has 2 aromatic rings. The van der Waals surface area contributed by atoms with Crippen molar-refractivity contribution in [2.45, 2.75) is 39.7 Å². The van der Waals surface area contributed by atoms with Crippen molar-refractivity contribution in [2.24, 2.45) is 5.92 Å². The molecule has 0 saturated heterocycles. The number of nitrogens with zero attached hydrogens (tertiary/aromatic N) is 4. The zero-order valence-corrected chi connectivity index (χ0v) is 10.4. The number of unbranched alkanes of at least 4 members (excludes halogenated alkanes) is 1. The Morgan fingerprint density at radius 1 is 1.35 bits per heavy atom. The van der Waals surface area contributed by atoms with E-state index in [0.29, 0.717) is 17.3 Å². The van der Waals surface area contributed by atoms with E-state index >= 15 is 0 Å². The number of imidazole rings is 1. The SMILES string of the molecule is CCCCC(C)Cn1cnc2c(N)ncnc21. The van der Waals surface area contributed by atoms with Crippen molar-refractivity contribution >= 4 is 17.0 Å². The lowest BCUT2D eigenvalue weighted by Crippen LogP contribution is -2.07. The highest BCUT2D eigenvalue weighted by Gasteiger charge is 2.10. The predicted molar refractivity (Wildman–Crippen MR) is 68.4 cm³/mol. The standard InChI is InChI=1S/C12H19N5/c1-3-4-5-9(2)6-17-8-16-10-11(13)14-7-15-12(10)17/h7-9H,3-6H2,1-2H3,(H2,13,14,15). The summed E-state index contributed by atoms with van der Waals surface area (Å²) in [5, 5.41) is 0. The van der Waals surface area contributed by atoms with E-state index in [9.17, 15) is 0 Å². The molecule has 2 heterocycles. The van der Waals surface area contributed by atoms with Crippen molar-refractivity contribution in [1.82, 2.24) is 19.5 Å². The lowest BCUT2D eigenvalue weighted by molar-refractivity contribution is 0.439. The smallest absolute Gasteiger partial charge is 0.165 e. The maximum atomic E-state index is 5.75. The highest BCUT2D eigenvalue weighted by Crippen LogP contribution is 2.17. The van der Waals surface area contributed by atoms with Gasteiger partial charge in [-0.1, -0.05) is 26.7 Å². The number of hydrogen-bond donors (Lipinski definition) is 1. The van der Waals surface area contributed by atoms with Gasteiger partial charge in [0, 0.05) is 6.54 Å². The molecule has 0 spiro atoms. The van der Waals surface area contributed by atoms with Crippen LogP contribution in [0.1, 0.15) is 33.1 Å². The van der Waals surface area contributed by atoms with Crippen LogP contribution < -0.4 is 5.73 Å². The van der Waals surface area contributed by atoms with Gasteiger partial charge in [0.05, 0.1) is 6.33 Å². The van der Waals surface area contributed by atoms with E-state index in [1.165, 1.54) is 25.6 Å². The molecule has 5 nitrogen and oxygen atoms in total. The fourth-order valence-electron chi connectivity index (χ4n) is 2.01. The molecule has 2 aromatic heterocycles. The van der Waals surface area contributed by atoms with E-state index in [0.717, 1.165) is 12.2 Å². The van der Waals surface area contributed by atoms with E-state index in [2.05, 4.69) is 33.4 Å². The van der Waals surface area contributed by atoms with Crippen LogP contribution in [-0.2, 0) is 6.54 Å². The average molecular weight is 233 g/mol. The number of nitrogen functional groups attached to an aromatic ring is 1. The van der Waals surface area contributed by atoms with E-state index < -0.39 is 0 Å². The van der Waals surface area contributed by atoms with Gasteiger partial charge in [0.2, 0.25) is 0 Å². The summed E-state index contributed by atoms with van der Waals surface area (Å²) < 4.78 is 2.06. The van der Waals surface area contributed by atoms with Gasteiger partial charge in [-0.05, 0) is 12.3 Å². The first-order chi connectivity index (χ1) is 8.22. The summed E-state index contributed by atoms with van der Waals surface area (Å²) in [6, 6.07) is 0. The molecule has 5 heteroatoms. The topological polar surface area (TPSA) is 69.6 Å². The maximum absolute atomic E-state index is 5.75. The first-order valence-corrected chi connectivity index (χ1v) is 6.13. The van der Waals surface area contributed by atoms with Crippen molar-refractivity contribution in [1.29, 1.82) is 0 Å². The number of rotatable bonds is 5. The number of anilines is 1. The van der Waals surface area contributed by atoms with Crippen LogP contribution >= 0.6 is 0 Å². The third kappa shape index (κ3) is 2.54. The van der Waals surface area contributed by atoms with Crippen molar-refractivity contribution < 1.29 is 0 Å². The van der Waals surface area contributed by atoms with E-state index in [1.807, 2.05) is 0 Å². The second-order valence-corrected chi connectivity index (χ2v) is 4.58. The Hall–Kier alpha value is -1.65. The molecule has 1 unspecified atom stereocenters. The zero-order valence-electron chi connectivity index (χ0n) is 10.4. The molecule has 2 rings (SSSR count). The number of aromatic nitrogens is 4. The fraction of sp³-hybridized carbons (Fsp3) is 0.583. The molecule has 0 amide bonds. The third-order valence-corrected chi connectivity index (χ3v) is 2.99. The Bertz CT molecular complexity index is 491. The Labute approximate surface area is 101 Å². The van der Waals surface area contributed by atoms with E-state index in [-0.39, 0.29) is 0 Å². The molecule has 0 bridgehead atoms. The Morgan fingerprint density at radius 2 is 2.18 bits per heavy atom. The summed E-state index contributed by atoms with van der Waals surface area (Å²) in [5.41, 5.74) is 7.29. The van der Waals surface area contributed by atoms with Crippen molar-refractivity contribution in [2.75, 3.05) is 5.73 Å². The lowest BCUT2D eigenvalue weighted by Gasteiger charge is -2.11. The fourth-order valence-corrected chi connectivity index (χ4v) is 2.01. The molecule has 0 aliphatic rings. The summed E-state index contributed by atoms with van der Waals surface area (Å²) in [4.78, 5) is 12.4. The van der Waals surface area contributed by atoms with Gasteiger partial charge in [-0.25, -0.2) is 15.0 Å². The van der Waals surface area contributed by atoms with Crippen molar-refractivity contribution in [3.05, 3.63) is 12.7 Å². The minimum atomic E-state index is 0.454. The minimum Gasteiger partial charge on any atom is -0.382 e. The Kier molecular flexibility index (Phi) is 3.56. The highest BCUT2D eigenvalue weighted by molar-refractivity contribution is 5.80. The molecule has 0 aromatic carbocycles. The first kappa shape index (κ1) is 11.8. The molecule has 0 radical (unpaired) electrons. The average Bonchev–Trinajstić information content (AvgIpc) is 2.71. The minimum absolute atomic E-state index is 0.454. The van der Waals surface area contributed by atoms with Crippen molar-refractivity contribution in [3.8, 4) is 0 Å².